The molecule has 1 saturated heterocycles. The van der Waals surface area contributed by atoms with E-state index in [2.05, 4.69) is 56.3 Å². The Labute approximate surface area is 158 Å². The summed E-state index contributed by atoms with van der Waals surface area (Å²) in [5.41, 5.74) is 3.51. The monoisotopic (exact) mass is 355 g/mol. The normalized spacial score (nSPS) is 20.4. The molecular formula is C21H33N5. The molecule has 3 rings (SSSR count). The van der Waals surface area contributed by atoms with Crippen molar-refractivity contribution in [1.29, 1.82) is 0 Å². The summed E-state index contributed by atoms with van der Waals surface area (Å²) in [5, 5.41) is 3.34. The first-order valence-electron chi connectivity index (χ1n) is 10.0. The molecule has 0 radical (unpaired) electrons. The third-order valence-electron chi connectivity index (χ3n) is 5.39. The van der Waals surface area contributed by atoms with Crippen LogP contribution < -0.4 is 5.32 Å². The Morgan fingerprint density at radius 2 is 1.96 bits per heavy atom. The van der Waals surface area contributed by atoms with Crippen molar-refractivity contribution in [2.45, 2.75) is 45.6 Å². The summed E-state index contributed by atoms with van der Waals surface area (Å²) in [6.07, 6.45) is 4.87. The van der Waals surface area contributed by atoms with Gasteiger partial charge in [-0.3, -0.25) is 9.89 Å². The molecule has 0 amide bonds. The Hall–Kier alpha value is -1.72. The van der Waals surface area contributed by atoms with Crippen LogP contribution in [0.5, 0.6) is 0 Å². The van der Waals surface area contributed by atoms with Gasteiger partial charge >= 0.3 is 0 Å². The molecule has 26 heavy (non-hydrogen) atoms. The van der Waals surface area contributed by atoms with Crippen molar-refractivity contribution in [1.82, 2.24) is 9.80 Å². The van der Waals surface area contributed by atoms with E-state index in [1.165, 1.54) is 44.6 Å². The third-order valence-corrected chi connectivity index (χ3v) is 5.39. The largest absolute Gasteiger partial charge is 0.324 e. The molecule has 0 bridgehead atoms. The zero-order valence-corrected chi connectivity index (χ0v) is 16.5. The van der Waals surface area contributed by atoms with Gasteiger partial charge in [0.15, 0.2) is 0 Å². The predicted octanol–water partition coefficient (Wildman–Crippen LogP) is 3.28. The van der Waals surface area contributed by atoms with Crippen molar-refractivity contribution in [3.05, 3.63) is 29.8 Å². The number of hydrogen-bond acceptors (Lipinski definition) is 3. The smallest absolute Gasteiger partial charge is 0.222 e. The van der Waals surface area contributed by atoms with Crippen LogP contribution >= 0.6 is 0 Å². The topological polar surface area (TPSA) is 43.2 Å². The van der Waals surface area contributed by atoms with Crippen LogP contribution in [0.25, 0.3) is 0 Å². The Kier molecular flexibility index (Phi) is 6.80. The van der Waals surface area contributed by atoms with Crippen LogP contribution in [0.4, 0.5) is 5.69 Å². The van der Waals surface area contributed by atoms with Gasteiger partial charge in [0, 0.05) is 57.2 Å². The summed E-state index contributed by atoms with van der Waals surface area (Å²) in [6.45, 7) is 10.2. The first-order chi connectivity index (χ1) is 12.7. The average molecular weight is 356 g/mol. The molecule has 1 aliphatic carbocycles. The molecule has 1 N–H and O–H groups in total. The van der Waals surface area contributed by atoms with Crippen molar-refractivity contribution in [2.75, 3.05) is 45.1 Å². The maximum atomic E-state index is 4.53. The van der Waals surface area contributed by atoms with Crippen LogP contribution in [0.1, 0.15) is 38.7 Å². The lowest BCUT2D eigenvalue weighted by Gasteiger charge is -2.34. The Balaban J connectivity index is 1.49. The van der Waals surface area contributed by atoms with Gasteiger partial charge in [0.25, 0.3) is 0 Å². The zero-order valence-electron chi connectivity index (χ0n) is 16.5. The summed E-state index contributed by atoms with van der Waals surface area (Å²) in [5.74, 6) is 0.678. The van der Waals surface area contributed by atoms with E-state index in [-0.39, 0.29) is 0 Å². The zero-order chi connectivity index (χ0) is 18.4. The Morgan fingerprint density at radius 3 is 2.62 bits per heavy atom. The van der Waals surface area contributed by atoms with E-state index in [0.29, 0.717) is 5.96 Å². The highest BCUT2D eigenvalue weighted by atomic mass is 15.3. The molecule has 0 spiro atoms. The number of anilines is 1. The number of piperazine rings is 1. The second-order valence-corrected chi connectivity index (χ2v) is 7.43. The number of nitrogens with zero attached hydrogens (tertiary/aromatic N) is 4. The summed E-state index contributed by atoms with van der Waals surface area (Å²) in [7, 11) is 1.78. The molecule has 1 aromatic rings. The highest BCUT2D eigenvalue weighted by Crippen LogP contribution is 2.27. The third kappa shape index (κ3) is 5.64. The fraction of sp³-hybridized carbons (Fsp3) is 0.619. The fourth-order valence-electron chi connectivity index (χ4n) is 3.41. The lowest BCUT2D eigenvalue weighted by Crippen LogP contribution is -2.47. The highest BCUT2D eigenvalue weighted by Gasteiger charge is 2.30. The van der Waals surface area contributed by atoms with Gasteiger partial charge in [-0.2, -0.15) is 0 Å². The number of hydrogen-bond donors (Lipinski definition) is 1. The summed E-state index contributed by atoms with van der Waals surface area (Å²) in [4.78, 5) is 14.1. The van der Waals surface area contributed by atoms with Crippen molar-refractivity contribution in [2.24, 2.45) is 9.98 Å². The van der Waals surface area contributed by atoms with E-state index in [1.54, 1.807) is 7.05 Å². The number of aliphatic imine (C=N–C) groups is 2. The van der Waals surface area contributed by atoms with Crippen molar-refractivity contribution in [3.8, 4) is 0 Å². The minimum atomic E-state index is 0.678. The Morgan fingerprint density at radius 1 is 1.19 bits per heavy atom. The lowest BCUT2D eigenvalue weighted by atomic mass is 10.1. The van der Waals surface area contributed by atoms with Crippen LogP contribution in [0.3, 0.4) is 0 Å². The summed E-state index contributed by atoms with van der Waals surface area (Å²) < 4.78 is 0. The maximum absolute atomic E-state index is 4.53. The van der Waals surface area contributed by atoms with E-state index in [9.17, 15) is 0 Å². The lowest BCUT2D eigenvalue weighted by molar-refractivity contribution is 0.127. The molecule has 1 saturated carbocycles. The minimum Gasteiger partial charge on any atom is -0.324 e. The van der Waals surface area contributed by atoms with Crippen LogP contribution in [0.15, 0.2) is 34.3 Å². The second kappa shape index (κ2) is 9.28. The van der Waals surface area contributed by atoms with Crippen LogP contribution in [0.2, 0.25) is 0 Å². The van der Waals surface area contributed by atoms with Crippen molar-refractivity contribution < 1.29 is 0 Å². The van der Waals surface area contributed by atoms with Gasteiger partial charge in [-0.15, -0.1) is 0 Å². The SMILES string of the molecule is CC/C(C)=N\C(=NC)Nc1cccc(CCN2CCN(C3CC3)CC2)c1. The van der Waals surface area contributed by atoms with Gasteiger partial charge in [-0.25, -0.2) is 4.99 Å². The van der Waals surface area contributed by atoms with E-state index in [0.717, 1.165) is 36.8 Å². The fourth-order valence-corrected chi connectivity index (χ4v) is 3.41. The first-order valence-corrected chi connectivity index (χ1v) is 10.0. The second-order valence-electron chi connectivity index (χ2n) is 7.43. The van der Waals surface area contributed by atoms with Gasteiger partial charge in [0.2, 0.25) is 5.96 Å². The quantitative estimate of drug-likeness (QED) is 0.629. The van der Waals surface area contributed by atoms with Gasteiger partial charge < -0.3 is 10.2 Å². The van der Waals surface area contributed by atoms with E-state index in [1.807, 2.05) is 6.92 Å². The average Bonchev–Trinajstić information content (AvgIpc) is 3.51. The first kappa shape index (κ1) is 19.1. The van der Waals surface area contributed by atoms with Crippen LogP contribution in [0, 0.1) is 0 Å². The van der Waals surface area contributed by atoms with Gasteiger partial charge in [0.1, 0.15) is 0 Å². The highest BCUT2D eigenvalue weighted by molar-refractivity contribution is 6.02. The maximum Gasteiger partial charge on any atom is 0.222 e. The predicted molar refractivity (Wildman–Crippen MR) is 112 cm³/mol. The molecular weight excluding hydrogens is 322 g/mol. The summed E-state index contributed by atoms with van der Waals surface area (Å²) in [6, 6.07) is 9.55. The molecule has 1 heterocycles. The number of benzene rings is 1. The molecule has 1 aliphatic heterocycles. The number of rotatable bonds is 6. The van der Waals surface area contributed by atoms with Crippen molar-refractivity contribution >= 4 is 17.4 Å². The molecule has 2 fully saturated rings. The molecule has 0 aromatic heterocycles. The minimum absolute atomic E-state index is 0.678. The molecule has 5 heteroatoms. The standard InChI is InChI=1S/C21H33N5/c1-4-17(2)23-21(22-3)24-19-7-5-6-18(16-19)10-11-25-12-14-26(15-13-25)20-8-9-20/h5-7,16,20H,4,8-15H2,1-3H3,(H,22,24)/b23-17-. The molecule has 5 nitrogen and oxygen atoms in total. The van der Waals surface area contributed by atoms with Gasteiger partial charge in [-0.05, 0) is 50.3 Å². The van der Waals surface area contributed by atoms with E-state index in [4.69, 9.17) is 0 Å². The van der Waals surface area contributed by atoms with Crippen LogP contribution in [-0.2, 0) is 6.42 Å². The van der Waals surface area contributed by atoms with Crippen LogP contribution in [-0.4, -0.2) is 67.3 Å². The van der Waals surface area contributed by atoms with E-state index >= 15 is 0 Å². The molecule has 0 unspecified atom stereocenters. The number of nitrogens with one attached hydrogen (secondary N) is 1. The number of guanidine groups is 1. The van der Waals surface area contributed by atoms with Crippen molar-refractivity contribution in [3.63, 3.8) is 0 Å². The molecule has 2 aliphatic rings. The molecule has 1 aromatic carbocycles. The van der Waals surface area contributed by atoms with E-state index < -0.39 is 0 Å². The summed E-state index contributed by atoms with van der Waals surface area (Å²) >= 11 is 0. The van der Waals surface area contributed by atoms with Gasteiger partial charge in [-0.1, -0.05) is 19.1 Å². The molecule has 0 atom stereocenters. The molecule has 142 valence electrons. The van der Waals surface area contributed by atoms with Gasteiger partial charge in [0.05, 0.1) is 0 Å². The Bertz CT molecular complexity index is 640.